The topological polar surface area (TPSA) is 62.3 Å². The first kappa shape index (κ1) is 21.4. The van der Waals surface area contributed by atoms with E-state index in [2.05, 4.69) is 44.6 Å². The molecule has 2 aromatic carbocycles. The summed E-state index contributed by atoms with van der Waals surface area (Å²) < 4.78 is 6.14. The van der Waals surface area contributed by atoms with Crippen LogP contribution in [-0.2, 0) is 0 Å². The Kier molecular flexibility index (Phi) is 7.22. The van der Waals surface area contributed by atoms with Crippen molar-refractivity contribution in [1.29, 1.82) is 0 Å². The van der Waals surface area contributed by atoms with Gasteiger partial charge in [-0.1, -0.05) is 55.3 Å². The van der Waals surface area contributed by atoms with Crippen LogP contribution in [0.5, 0.6) is 5.75 Å². The Morgan fingerprint density at radius 3 is 2.71 bits per heavy atom. The largest absolute Gasteiger partial charge is 0.491 e. The normalized spacial score (nSPS) is 13.8. The molecule has 1 saturated heterocycles. The molecule has 2 heterocycles. The summed E-state index contributed by atoms with van der Waals surface area (Å²) in [7, 11) is 0. The van der Waals surface area contributed by atoms with Gasteiger partial charge in [0.1, 0.15) is 10.8 Å². The number of halogens is 1. The second-order valence-corrected chi connectivity index (χ2v) is 7.91. The van der Waals surface area contributed by atoms with Crippen molar-refractivity contribution in [2.45, 2.75) is 19.8 Å². The van der Waals surface area contributed by atoms with Gasteiger partial charge in [0.15, 0.2) is 11.6 Å². The van der Waals surface area contributed by atoms with Crippen LogP contribution in [0.15, 0.2) is 54.7 Å². The first-order valence-electron chi connectivity index (χ1n) is 10.8. The number of rotatable bonds is 8. The van der Waals surface area contributed by atoms with Crippen molar-refractivity contribution in [3.8, 4) is 17.1 Å². The van der Waals surface area contributed by atoms with E-state index in [4.69, 9.17) is 16.3 Å². The summed E-state index contributed by atoms with van der Waals surface area (Å²) in [6.07, 6.45) is 3.72. The Morgan fingerprint density at radius 2 is 1.94 bits per heavy atom. The lowest BCUT2D eigenvalue weighted by Crippen LogP contribution is -2.43. The second kappa shape index (κ2) is 10.5. The summed E-state index contributed by atoms with van der Waals surface area (Å²) in [5.74, 6) is 1.99. The Labute approximate surface area is 188 Å². The molecule has 0 atom stereocenters. The molecule has 31 heavy (non-hydrogen) atoms. The van der Waals surface area contributed by atoms with E-state index < -0.39 is 0 Å². The van der Waals surface area contributed by atoms with Crippen LogP contribution < -0.4 is 20.3 Å². The number of ether oxygens (including phenoxy) is 1. The molecule has 1 aromatic heterocycles. The molecule has 3 aromatic rings. The maximum Gasteiger partial charge on any atom is 0.161 e. The van der Waals surface area contributed by atoms with Gasteiger partial charge in [-0.05, 0) is 18.6 Å². The lowest BCUT2D eigenvalue weighted by atomic mass is 10.2. The van der Waals surface area contributed by atoms with Crippen LogP contribution >= 0.6 is 11.6 Å². The maximum atomic E-state index is 6.42. The molecule has 0 spiro atoms. The molecule has 0 unspecified atom stereocenters. The van der Waals surface area contributed by atoms with Crippen LogP contribution in [-0.4, -0.2) is 42.8 Å². The highest BCUT2D eigenvalue weighted by Crippen LogP contribution is 2.34. The van der Waals surface area contributed by atoms with Gasteiger partial charge in [-0.2, -0.15) is 0 Å². The monoisotopic (exact) mass is 437 g/mol. The summed E-state index contributed by atoms with van der Waals surface area (Å²) in [5.41, 5.74) is 2.95. The fourth-order valence-corrected chi connectivity index (χ4v) is 3.63. The van der Waals surface area contributed by atoms with Gasteiger partial charge in [-0.25, -0.2) is 9.97 Å². The highest BCUT2D eigenvalue weighted by atomic mass is 35.5. The van der Waals surface area contributed by atoms with E-state index >= 15 is 0 Å². The zero-order chi connectivity index (χ0) is 21.5. The number of anilines is 3. The SMILES string of the molecule is CCCCOc1cc(N2CCNCC2)ccc1Nc1nc(-c2ccccc2)ncc1Cl. The van der Waals surface area contributed by atoms with Crippen molar-refractivity contribution in [3.63, 3.8) is 0 Å². The zero-order valence-corrected chi connectivity index (χ0v) is 18.5. The predicted octanol–water partition coefficient (Wildman–Crippen LogP) is 5.13. The van der Waals surface area contributed by atoms with E-state index in [9.17, 15) is 0 Å². The summed E-state index contributed by atoms with van der Waals surface area (Å²) >= 11 is 6.42. The smallest absolute Gasteiger partial charge is 0.161 e. The number of hydrogen-bond acceptors (Lipinski definition) is 6. The van der Waals surface area contributed by atoms with E-state index in [1.165, 1.54) is 0 Å². The van der Waals surface area contributed by atoms with Gasteiger partial charge in [0, 0.05) is 43.5 Å². The van der Waals surface area contributed by atoms with Gasteiger partial charge in [0.2, 0.25) is 0 Å². The van der Waals surface area contributed by atoms with Gasteiger partial charge in [-0.3, -0.25) is 0 Å². The molecule has 1 aliphatic rings. The number of hydrogen-bond donors (Lipinski definition) is 2. The van der Waals surface area contributed by atoms with Crippen LogP contribution in [0, 0.1) is 0 Å². The number of benzene rings is 2. The summed E-state index contributed by atoms with van der Waals surface area (Å²) in [6, 6.07) is 16.1. The molecule has 1 fully saturated rings. The zero-order valence-electron chi connectivity index (χ0n) is 17.8. The minimum Gasteiger partial charge on any atom is -0.491 e. The molecule has 0 saturated carbocycles. The lowest BCUT2D eigenvalue weighted by molar-refractivity contribution is 0.311. The van der Waals surface area contributed by atoms with Gasteiger partial charge in [0.25, 0.3) is 0 Å². The average molecular weight is 438 g/mol. The molecular formula is C24H28ClN5O. The van der Waals surface area contributed by atoms with Crippen molar-refractivity contribution in [2.75, 3.05) is 43.0 Å². The Morgan fingerprint density at radius 1 is 1.13 bits per heavy atom. The fraction of sp³-hybridized carbons (Fsp3) is 0.333. The first-order chi connectivity index (χ1) is 15.2. The molecule has 6 nitrogen and oxygen atoms in total. The summed E-state index contributed by atoms with van der Waals surface area (Å²) in [5, 5.41) is 7.23. The minimum atomic E-state index is 0.463. The van der Waals surface area contributed by atoms with Gasteiger partial charge in [-0.15, -0.1) is 0 Å². The van der Waals surface area contributed by atoms with E-state index in [1.54, 1.807) is 6.20 Å². The highest BCUT2D eigenvalue weighted by Gasteiger charge is 2.15. The molecule has 1 aliphatic heterocycles. The quantitative estimate of drug-likeness (QED) is 0.476. The first-order valence-corrected chi connectivity index (χ1v) is 11.2. The number of nitrogens with one attached hydrogen (secondary N) is 2. The van der Waals surface area contributed by atoms with Crippen molar-refractivity contribution in [2.24, 2.45) is 0 Å². The maximum absolute atomic E-state index is 6.42. The average Bonchev–Trinajstić information content (AvgIpc) is 2.82. The molecule has 0 bridgehead atoms. The number of unbranched alkanes of at least 4 members (excludes halogenated alkanes) is 1. The molecule has 4 rings (SSSR count). The minimum absolute atomic E-state index is 0.463. The lowest BCUT2D eigenvalue weighted by Gasteiger charge is -2.30. The molecular weight excluding hydrogens is 410 g/mol. The van der Waals surface area contributed by atoms with E-state index in [0.29, 0.717) is 23.3 Å². The van der Waals surface area contributed by atoms with Crippen LogP contribution in [0.1, 0.15) is 19.8 Å². The van der Waals surface area contributed by atoms with Crippen LogP contribution in [0.2, 0.25) is 5.02 Å². The summed E-state index contributed by atoms with van der Waals surface area (Å²) in [4.78, 5) is 11.4. The summed E-state index contributed by atoms with van der Waals surface area (Å²) in [6.45, 7) is 6.78. The Balaban J connectivity index is 1.62. The van der Waals surface area contributed by atoms with Crippen LogP contribution in [0.4, 0.5) is 17.2 Å². The standard InChI is InChI=1S/C24H28ClN5O/c1-2-3-15-31-22-16-19(30-13-11-26-12-14-30)9-10-21(22)28-24-20(25)17-27-23(29-24)18-7-5-4-6-8-18/h4-10,16-17,26H,2-3,11-15H2,1H3,(H,27,28,29). The highest BCUT2D eigenvalue weighted by molar-refractivity contribution is 6.32. The van der Waals surface area contributed by atoms with Gasteiger partial charge in [0.05, 0.1) is 18.5 Å². The Bertz CT molecular complexity index is 993. The predicted molar refractivity (Wildman–Crippen MR) is 128 cm³/mol. The molecule has 7 heteroatoms. The van der Waals surface area contributed by atoms with Crippen LogP contribution in [0.25, 0.3) is 11.4 Å². The van der Waals surface area contributed by atoms with Gasteiger partial charge >= 0.3 is 0 Å². The van der Waals surface area contributed by atoms with E-state index in [-0.39, 0.29) is 0 Å². The van der Waals surface area contributed by atoms with Crippen molar-refractivity contribution < 1.29 is 4.74 Å². The third-order valence-corrected chi connectivity index (χ3v) is 5.51. The van der Waals surface area contributed by atoms with E-state index in [0.717, 1.165) is 61.7 Å². The fourth-order valence-electron chi connectivity index (χ4n) is 3.49. The third kappa shape index (κ3) is 5.46. The molecule has 162 valence electrons. The third-order valence-electron chi connectivity index (χ3n) is 5.23. The number of piperazine rings is 1. The van der Waals surface area contributed by atoms with Crippen molar-refractivity contribution in [3.05, 3.63) is 59.8 Å². The van der Waals surface area contributed by atoms with Gasteiger partial charge < -0.3 is 20.3 Å². The molecule has 0 radical (unpaired) electrons. The van der Waals surface area contributed by atoms with Crippen molar-refractivity contribution in [1.82, 2.24) is 15.3 Å². The molecule has 0 aliphatic carbocycles. The van der Waals surface area contributed by atoms with E-state index in [1.807, 2.05) is 36.4 Å². The molecule has 2 N–H and O–H groups in total. The number of nitrogens with zero attached hydrogens (tertiary/aromatic N) is 3. The second-order valence-electron chi connectivity index (χ2n) is 7.50. The number of aromatic nitrogens is 2. The Hall–Kier alpha value is -2.83. The van der Waals surface area contributed by atoms with Crippen molar-refractivity contribution >= 4 is 28.8 Å². The van der Waals surface area contributed by atoms with Crippen LogP contribution in [0.3, 0.4) is 0 Å². The molecule has 0 amide bonds.